The Balaban J connectivity index is 0.000000396. The Kier molecular flexibility index (Phi) is 5.14. The zero-order chi connectivity index (χ0) is 9.68. The molecular formula is C10H21NOS. The van der Waals surface area contributed by atoms with Gasteiger partial charge >= 0.3 is 0 Å². The Labute approximate surface area is 86.0 Å². The number of rotatable bonds is 3. The van der Waals surface area contributed by atoms with E-state index in [0.29, 0.717) is 0 Å². The number of hydrogen-bond donors (Lipinski definition) is 0. The largest absolute Gasteiger partial charge is 0.378 e. The zero-order valence-corrected chi connectivity index (χ0v) is 9.77. The molecule has 3 saturated heterocycles. The van der Waals surface area contributed by atoms with Gasteiger partial charge in [-0.15, -0.1) is 0 Å². The minimum atomic E-state index is 0.765. The lowest BCUT2D eigenvalue weighted by Gasteiger charge is -2.52. The van der Waals surface area contributed by atoms with Crippen molar-refractivity contribution in [3.05, 3.63) is 0 Å². The molecule has 0 aromatic carbocycles. The fourth-order valence-electron chi connectivity index (χ4n) is 1.97. The maximum atomic E-state index is 5.39. The van der Waals surface area contributed by atoms with Gasteiger partial charge in [-0.1, -0.05) is 13.8 Å². The molecule has 0 N–H and O–H groups in total. The summed E-state index contributed by atoms with van der Waals surface area (Å²) in [6.07, 6.45) is 3.56. The highest BCUT2D eigenvalue weighted by atomic mass is 32.2. The molecule has 3 heteroatoms. The maximum absolute atomic E-state index is 5.39. The summed E-state index contributed by atoms with van der Waals surface area (Å²) >= 11 is 1.94. The Morgan fingerprint density at radius 1 is 1.31 bits per heavy atom. The third kappa shape index (κ3) is 2.61. The average Bonchev–Trinajstić information content (AvgIpc) is 2.22. The lowest BCUT2D eigenvalue weighted by atomic mass is 9.92. The van der Waals surface area contributed by atoms with Crippen LogP contribution in [-0.4, -0.2) is 48.8 Å². The topological polar surface area (TPSA) is 12.5 Å². The van der Waals surface area contributed by atoms with E-state index in [1.165, 1.54) is 18.7 Å². The summed E-state index contributed by atoms with van der Waals surface area (Å²) in [6.45, 7) is 7.22. The van der Waals surface area contributed by atoms with Gasteiger partial charge < -0.3 is 4.74 Å². The first-order chi connectivity index (χ1) is 6.42. The van der Waals surface area contributed by atoms with Gasteiger partial charge in [-0.05, 0) is 12.7 Å². The van der Waals surface area contributed by atoms with Crippen LogP contribution in [0.25, 0.3) is 0 Å². The molecule has 2 unspecified atom stereocenters. The van der Waals surface area contributed by atoms with Gasteiger partial charge in [0.1, 0.15) is 0 Å². The molecule has 0 aromatic rings. The van der Waals surface area contributed by atoms with Crippen molar-refractivity contribution in [2.75, 3.05) is 31.8 Å². The number of hydrogen-bond acceptors (Lipinski definition) is 3. The summed E-state index contributed by atoms with van der Waals surface area (Å²) < 4.78 is 5.39. The third-order valence-electron chi connectivity index (χ3n) is 2.66. The van der Waals surface area contributed by atoms with Gasteiger partial charge in [0, 0.05) is 24.4 Å². The summed E-state index contributed by atoms with van der Waals surface area (Å²) in [4.78, 5) is 2.60. The molecule has 0 spiro atoms. The number of morpholine rings is 1. The van der Waals surface area contributed by atoms with Crippen LogP contribution in [0, 0.1) is 0 Å². The minimum absolute atomic E-state index is 0.765. The number of fused-ring (bicyclic) bond motifs is 2. The monoisotopic (exact) mass is 203 g/mol. The summed E-state index contributed by atoms with van der Waals surface area (Å²) in [5.41, 5.74) is 0. The molecule has 13 heavy (non-hydrogen) atoms. The fraction of sp³-hybridized carbons (Fsp3) is 1.00. The molecule has 0 saturated carbocycles. The quantitative estimate of drug-likeness (QED) is 0.694. The molecule has 3 aliphatic rings. The van der Waals surface area contributed by atoms with Gasteiger partial charge in [-0.3, -0.25) is 4.90 Å². The van der Waals surface area contributed by atoms with E-state index in [4.69, 9.17) is 4.74 Å². The second kappa shape index (κ2) is 5.89. The van der Waals surface area contributed by atoms with Crippen LogP contribution in [0.2, 0.25) is 0 Å². The number of ether oxygens (including phenoxy) is 1. The van der Waals surface area contributed by atoms with E-state index in [1.807, 2.05) is 25.6 Å². The van der Waals surface area contributed by atoms with Gasteiger partial charge in [0.2, 0.25) is 0 Å². The van der Waals surface area contributed by atoms with E-state index < -0.39 is 0 Å². The molecule has 2 atom stereocenters. The molecule has 3 aliphatic heterocycles. The smallest absolute Gasteiger partial charge is 0.0623 e. The van der Waals surface area contributed by atoms with E-state index >= 15 is 0 Å². The number of thioether (sulfide) groups is 1. The molecule has 78 valence electrons. The molecule has 0 aromatic heterocycles. The van der Waals surface area contributed by atoms with Gasteiger partial charge in [0.15, 0.2) is 0 Å². The predicted octanol–water partition coefficient (Wildman–Crippen LogP) is 1.85. The first-order valence-corrected chi connectivity index (χ1v) is 6.63. The molecular weight excluding hydrogens is 182 g/mol. The van der Waals surface area contributed by atoms with Crippen molar-refractivity contribution in [3.63, 3.8) is 0 Å². The highest BCUT2D eigenvalue weighted by Crippen LogP contribution is 2.30. The van der Waals surface area contributed by atoms with Crippen molar-refractivity contribution in [3.8, 4) is 0 Å². The van der Waals surface area contributed by atoms with Crippen molar-refractivity contribution in [1.82, 2.24) is 4.90 Å². The van der Waals surface area contributed by atoms with Crippen molar-refractivity contribution in [1.29, 1.82) is 0 Å². The Hall–Kier alpha value is 0.270. The van der Waals surface area contributed by atoms with Crippen molar-refractivity contribution in [2.24, 2.45) is 0 Å². The van der Waals surface area contributed by atoms with Gasteiger partial charge in [0.25, 0.3) is 0 Å². The molecule has 3 fully saturated rings. The van der Waals surface area contributed by atoms with E-state index in [0.717, 1.165) is 25.3 Å². The maximum Gasteiger partial charge on any atom is 0.0623 e. The van der Waals surface area contributed by atoms with E-state index in [9.17, 15) is 0 Å². The SMILES string of the molecule is CC.CSCCN1C2COCC1C2. The van der Waals surface area contributed by atoms with Crippen LogP contribution in [0.4, 0.5) is 0 Å². The third-order valence-corrected chi connectivity index (χ3v) is 3.25. The van der Waals surface area contributed by atoms with Crippen LogP contribution < -0.4 is 0 Å². The zero-order valence-electron chi connectivity index (χ0n) is 8.95. The lowest BCUT2D eigenvalue weighted by Crippen LogP contribution is -2.63. The van der Waals surface area contributed by atoms with Crippen LogP contribution in [-0.2, 0) is 4.74 Å². The van der Waals surface area contributed by atoms with Crippen molar-refractivity contribution < 1.29 is 4.74 Å². The van der Waals surface area contributed by atoms with Crippen LogP contribution in [0.3, 0.4) is 0 Å². The Morgan fingerprint density at radius 2 is 1.92 bits per heavy atom. The van der Waals surface area contributed by atoms with E-state index in [2.05, 4.69) is 11.2 Å². The van der Waals surface area contributed by atoms with Gasteiger partial charge in [0.05, 0.1) is 13.2 Å². The Bertz CT molecular complexity index is 129. The summed E-state index contributed by atoms with van der Waals surface area (Å²) in [7, 11) is 0. The number of nitrogens with zero attached hydrogens (tertiary/aromatic N) is 1. The minimum Gasteiger partial charge on any atom is -0.378 e. The molecule has 0 aliphatic carbocycles. The molecule has 2 nitrogen and oxygen atoms in total. The molecule has 3 rings (SSSR count). The normalized spacial score (nSPS) is 31.6. The first-order valence-electron chi connectivity index (χ1n) is 5.24. The highest BCUT2D eigenvalue weighted by molar-refractivity contribution is 7.98. The molecule has 0 radical (unpaired) electrons. The predicted molar refractivity (Wildman–Crippen MR) is 59.4 cm³/mol. The van der Waals surface area contributed by atoms with Gasteiger partial charge in [-0.25, -0.2) is 0 Å². The second-order valence-electron chi connectivity index (χ2n) is 3.31. The summed E-state index contributed by atoms with van der Waals surface area (Å²) in [5.74, 6) is 1.27. The van der Waals surface area contributed by atoms with E-state index in [1.54, 1.807) is 0 Å². The van der Waals surface area contributed by atoms with Crippen molar-refractivity contribution >= 4 is 11.8 Å². The van der Waals surface area contributed by atoms with Crippen LogP contribution in [0.1, 0.15) is 20.3 Å². The lowest BCUT2D eigenvalue weighted by molar-refractivity contribution is -0.123. The highest BCUT2D eigenvalue weighted by Gasteiger charge is 2.41. The van der Waals surface area contributed by atoms with Gasteiger partial charge in [-0.2, -0.15) is 11.8 Å². The van der Waals surface area contributed by atoms with E-state index in [-0.39, 0.29) is 0 Å². The first kappa shape index (κ1) is 11.3. The summed E-state index contributed by atoms with van der Waals surface area (Å²) in [6, 6.07) is 1.53. The molecule has 3 heterocycles. The summed E-state index contributed by atoms with van der Waals surface area (Å²) in [5, 5.41) is 0. The standard InChI is InChI=1S/C8H15NOS.C2H6/c1-11-3-2-9-7-4-8(9)6-10-5-7;1-2/h7-8H,2-6H2,1H3;1-2H3. The molecule has 0 amide bonds. The van der Waals surface area contributed by atoms with Crippen molar-refractivity contribution in [2.45, 2.75) is 32.4 Å². The second-order valence-corrected chi connectivity index (χ2v) is 4.30. The fourth-order valence-corrected chi connectivity index (χ4v) is 2.37. The average molecular weight is 203 g/mol. The van der Waals surface area contributed by atoms with Crippen LogP contribution in [0.15, 0.2) is 0 Å². The van der Waals surface area contributed by atoms with Crippen LogP contribution >= 0.6 is 11.8 Å². The Morgan fingerprint density at radius 3 is 2.38 bits per heavy atom. The van der Waals surface area contributed by atoms with Crippen LogP contribution in [0.5, 0.6) is 0 Å². The molecule has 2 bridgehead atoms.